The lowest BCUT2D eigenvalue weighted by atomic mass is 10.0. The van der Waals surface area contributed by atoms with E-state index in [0.29, 0.717) is 5.92 Å². The fourth-order valence-corrected chi connectivity index (χ4v) is 0.905. The number of hydrazine groups is 1. The van der Waals surface area contributed by atoms with Gasteiger partial charge in [0.15, 0.2) is 0 Å². The van der Waals surface area contributed by atoms with Crippen LogP contribution in [0.15, 0.2) is 23.9 Å². The van der Waals surface area contributed by atoms with Gasteiger partial charge in [-0.3, -0.25) is 5.84 Å². The van der Waals surface area contributed by atoms with Gasteiger partial charge in [-0.15, -0.1) is 0 Å². The Hall–Kier alpha value is -0.760. The summed E-state index contributed by atoms with van der Waals surface area (Å²) in [5, 5.41) is 0. The van der Waals surface area contributed by atoms with E-state index in [4.69, 9.17) is 5.84 Å². The van der Waals surface area contributed by atoms with Crippen molar-refractivity contribution in [3.05, 3.63) is 23.9 Å². The first-order chi connectivity index (χ1) is 4.63. The highest BCUT2D eigenvalue weighted by molar-refractivity contribution is 5.23. The number of hydrogen-bond acceptors (Lipinski definition) is 2. The molecule has 3 N–H and O–H groups in total. The maximum atomic E-state index is 5.23. The summed E-state index contributed by atoms with van der Waals surface area (Å²) in [6.45, 7) is 9.86. The molecule has 0 atom stereocenters. The molecule has 0 rings (SSSR count). The summed E-state index contributed by atoms with van der Waals surface area (Å²) < 4.78 is 0. The molecule has 0 fully saturated rings. The second-order valence-electron chi connectivity index (χ2n) is 2.58. The fraction of sp³-hybridized carbons (Fsp3) is 0.500. The molecule has 0 saturated carbocycles. The average molecular weight is 140 g/mol. The minimum absolute atomic E-state index is 0.480. The Balaban J connectivity index is 4.45. The molecule has 2 nitrogen and oxygen atoms in total. The van der Waals surface area contributed by atoms with Gasteiger partial charge >= 0.3 is 0 Å². The minimum Gasteiger partial charge on any atom is -0.328 e. The fourth-order valence-electron chi connectivity index (χ4n) is 0.905. The van der Waals surface area contributed by atoms with E-state index >= 15 is 0 Å². The molecule has 0 aliphatic heterocycles. The molecule has 0 aliphatic rings. The van der Waals surface area contributed by atoms with E-state index in [1.54, 1.807) is 0 Å². The van der Waals surface area contributed by atoms with Crippen LogP contribution in [0, 0.1) is 5.92 Å². The van der Waals surface area contributed by atoms with Gasteiger partial charge in [-0.25, -0.2) is 0 Å². The van der Waals surface area contributed by atoms with Crippen LogP contribution < -0.4 is 11.3 Å². The zero-order chi connectivity index (χ0) is 8.15. The zero-order valence-electron chi connectivity index (χ0n) is 6.94. The van der Waals surface area contributed by atoms with Gasteiger partial charge in [-0.1, -0.05) is 26.5 Å². The van der Waals surface area contributed by atoms with Crippen molar-refractivity contribution in [2.24, 2.45) is 11.8 Å². The van der Waals surface area contributed by atoms with Gasteiger partial charge in [-0.2, -0.15) is 0 Å². The lowest BCUT2D eigenvalue weighted by Crippen LogP contribution is -2.21. The van der Waals surface area contributed by atoms with Crippen LogP contribution in [-0.2, 0) is 0 Å². The largest absolute Gasteiger partial charge is 0.328 e. The van der Waals surface area contributed by atoms with E-state index in [2.05, 4.69) is 25.9 Å². The maximum absolute atomic E-state index is 5.23. The Morgan fingerprint density at radius 1 is 1.60 bits per heavy atom. The molecule has 0 aromatic carbocycles. The summed E-state index contributed by atoms with van der Waals surface area (Å²) in [6.07, 6.45) is 1.83. The Kier molecular flexibility index (Phi) is 3.81. The molecule has 10 heavy (non-hydrogen) atoms. The monoisotopic (exact) mass is 140 g/mol. The SMILES string of the molecule is C=C/C(=C(/C)NN)C(C)C. The first-order valence-corrected chi connectivity index (χ1v) is 3.43. The molecular weight excluding hydrogens is 124 g/mol. The number of nitrogens with one attached hydrogen (secondary N) is 1. The highest BCUT2D eigenvalue weighted by Crippen LogP contribution is 2.12. The van der Waals surface area contributed by atoms with E-state index in [0.717, 1.165) is 5.70 Å². The van der Waals surface area contributed by atoms with E-state index < -0.39 is 0 Å². The molecule has 0 amide bonds. The molecule has 0 radical (unpaired) electrons. The Bertz CT molecular complexity index is 145. The molecule has 0 aliphatic carbocycles. The molecular formula is C8H16N2. The highest BCUT2D eigenvalue weighted by atomic mass is 15.2. The molecule has 0 spiro atoms. The third-order valence-electron chi connectivity index (χ3n) is 1.49. The maximum Gasteiger partial charge on any atom is 0.0262 e. The van der Waals surface area contributed by atoms with Gasteiger partial charge in [0.2, 0.25) is 0 Å². The number of hydrogen-bond donors (Lipinski definition) is 2. The van der Waals surface area contributed by atoms with Crippen LogP contribution in [0.1, 0.15) is 20.8 Å². The van der Waals surface area contributed by atoms with Crippen molar-refractivity contribution in [1.82, 2.24) is 5.43 Å². The molecule has 0 heterocycles. The molecule has 58 valence electrons. The van der Waals surface area contributed by atoms with Crippen molar-refractivity contribution < 1.29 is 0 Å². The van der Waals surface area contributed by atoms with Crippen molar-refractivity contribution in [2.75, 3.05) is 0 Å². The third-order valence-corrected chi connectivity index (χ3v) is 1.49. The molecule has 0 saturated heterocycles. The van der Waals surface area contributed by atoms with E-state index in [1.165, 1.54) is 5.57 Å². The molecule has 0 bridgehead atoms. The third kappa shape index (κ3) is 2.23. The van der Waals surface area contributed by atoms with Crippen LogP contribution in [0.25, 0.3) is 0 Å². The summed E-state index contributed by atoms with van der Waals surface area (Å²) in [5.74, 6) is 5.71. The highest BCUT2D eigenvalue weighted by Gasteiger charge is 2.01. The van der Waals surface area contributed by atoms with Gasteiger partial charge in [0, 0.05) is 5.70 Å². The Morgan fingerprint density at radius 2 is 2.10 bits per heavy atom. The van der Waals surface area contributed by atoms with Crippen molar-refractivity contribution in [3.63, 3.8) is 0 Å². The zero-order valence-corrected chi connectivity index (χ0v) is 6.94. The van der Waals surface area contributed by atoms with E-state index in [9.17, 15) is 0 Å². The van der Waals surface area contributed by atoms with E-state index in [1.807, 2.05) is 13.0 Å². The van der Waals surface area contributed by atoms with Crippen LogP contribution in [0.2, 0.25) is 0 Å². The second-order valence-corrected chi connectivity index (χ2v) is 2.58. The summed E-state index contributed by atoms with van der Waals surface area (Å²) in [4.78, 5) is 0. The quantitative estimate of drug-likeness (QED) is 0.355. The van der Waals surface area contributed by atoms with Gasteiger partial charge in [0.25, 0.3) is 0 Å². The summed E-state index contributed by atoms with van der Waals surface area (Å²) >= 11 is 0. The molecule has 2 heteroatoms. The molecule has 0 unspecified atom stereocenters. The summed E-state index contributed by atoms with van der Waals surface area (Å²) in [5.41, 5.74) is 4.77. The van der Waals surface area contributed by atoms with Crippen LogP contribution >= 0.6 is 0 Å². The van der Waals surface area contributed by atoms with Crippen LogP contribution in [0.4, 0.5) is 0 Å². The first-order valence-electron chi connectivity index (χ1n) is 3.43. The van der Waals surface area contributed by atoms with Gasteiger partial charge in [0.05, 0.1) is 0 Å². The summed E-state index contributed by atoms with van der Waals surface area (Å²) in [6, 6.07) is 0. The van der Waals surface area contributed by atoms with Crippen molar-refractivity contribution in [1.29, 1.82) is 0 Å². The van der Waals surface area contributed by atoms with Gasteiger partial charge in [-0.05, 0) is 18.4 Å². The topological polar surface area (TPSA) is 38.0 Å². The van der Waals surface area contributed by atoms with Crippen LogP contribution in [-0.4, -0.2) is 0 Å². The standard InChI is InChI=1S/C8H16N2/c1-5-8(6(2)3)7(4)10-9/h5-6,10H,1,9H2,2-4H3/b8-7+. The number of allylic oxidation sites excluding steroid dienone is 3. The lowest BCUT2D eigenvalue weighted by molar-refractivity contribution is 0.747. The van der Waals surface area contributed by atoms with E-state index in [-0.39, 0.29) is 0 Å². The predicted molar refractivity (Wildman–Crippen MR) is 45.1 cm³/mol. The van der Waals surface area contributed by atoms with Gasteiger partial charge < -0.3 is 5.43 Å². The number of rotatable bonds is 3. The Labute approximate surface area is 62.8 Å². The number of nitrogens with two attached hydrogens (primary N) is 1. The normalized spacial score (nSPS) is 12.9. The molecule has 0 aromatic heterocycles. The van der Waals surface area contributed by atoms with Gasteiger partial charge in [0.1, 0.15) is 0 Å². The first kappa shape index (κ1) is 9.24. The lowest BCUT2D eigenvalue weighted by Gasteiger charge is -2.10. The Morgan fingerprint density at radius 3 is 2.20 bits per heavy atom. The average Bonchev–Trinajstić information content (AvgIpc) is 1.88. The second kappa shape index (κ2) is 4.12. The van der Waals surface area contributed by atoms with Crippen molar-refractivity contribution >= 4 is 0 Å². The minimum atomic E-state index is 0.480. The van der Waals surface area contributed by atoms with Crippen molar-refractivity contribution in [3.8, 4) is 0 Å². The smallest absolute Gasteiger partial charge is 0.0262 e. The van der Waals surface area contributed by atoms with Crippen molar-refractivity contribution in [2.45, 2.75) is 20.8 Å². The van der Waals surface area contributed by atoms with Crippen LogP contribution in [0.5, 0.6) is 0 Å². The predicted octanol–water partition coefficient (Wildman–Crippen LogP) is 1.57. The molecule has 0 aromatic rings. The summed E-state index contributed by atoms with van der Waals surface area (Å²) in [7, 11) is 0. The van der Waals surface area contributed by atoms with Crippen LogP contribution in [0.3, 0.4) is 0 Å².